The number of hydrogen-bond acceptors (Lipinski definition) is 1. The lowest BCUT2D eigenvalue weighted by molar-refractivity contribution is -0.137. The van der Waals surface area contributed by atoms with E-state index in [0.717, 1.165) is 11.1 Å². The van der Waals surface area contributed by atoms with Crippen LogP contribution in [0, 0.1) is 19.7 Å². The summed E-state index contributed by atoms with van der Waals surface area (Å²) in [5.74, 6) is -1.49. The number of carboxylic acids is 1. The van der Waals surface area contributed by atoms with Crippen molar-refractivity contribution in [2.24, 2.45) is 0 Å². The third-order valence-electron chi connectivity index (χ3n) is 2.45. The lowest BCUT2D eigenvalue weighted by atomic mass is 9.92. The highest BCUT2D eigenvalue weighted by Crippen LogP contribution is 2.26. The molecule has 1 atom stereocenters. The Morgan fingerprint density at radius 3 is 2.53 bits per heavy atom. The summed E-state index contributed by atoms with van der Waals surface area (Å²) in [5, 5.41) is 8.66. The van der Waals surface area contributed by atoms with Crippen molar-refractivity contribution in [1.29, 1.82) is 0 Å². The summed E-state index contributed by atoms with van der Waals surface area (Å²) in [4.78, 5) is 10.6. The molecule has 0 aliphatic carbocycles. The molecule has 0 heterocycles. The normalized spacial score (nSPS) is 12.5. The first-order valence-electron chi connectivity index (χ1n) is 4.90. The van der Waals surface area contributed by atoms with E-state index in [0.29, 0.717) is 5.56 Å². The van der Waals surface area contributed by atoms with Crippen LogP contribution < -0.4 is 0 Å². The molecule has 0 fully saturated rings. The molecule has 1 rings (SSSR count). The zero-order chi connectivity index (χ0) is 11.6. The summed E-state index contributed by atoms with van der Waals surface area (Å²) in [5.41, 5.74) is 2.19. The number of benzene rings is 1. The minimum Gasteiger partial charge on any atom is -0.481 e. The van der Waals surface area contributed by atoms with Crippen LogP contribution in [-0.4, -0.2) is 11.1 Å². The van der Waals surface area contributed by atoms with Gasteiger partial charge < -0.3 is 5.11 Å². The number of aliphatic carboxylic acids is 1. The number of carbonyl (C=O) groups is 1. The molecule has 0 amide bonds. The lowest BCUT2D eigenvalue weighted by Crippen LogP contribution is -2.07. The second-order valence-electron chi connectivity index (χ2n) is 3.98. The Morgan fingerprint density at radius 2 is 2.07 bits per heavy atom. The second kappa shape index (κ2) is 4.43. The summed E-state index contributed by atoms with van der Waals surface area (Å²) in [6, 6.07) is 3.32. The molecule has 1 aromatic rings. The van der Waals surface area contributed by atoms with Crippen molar-refractivity contribution >= 4 is 5.97 Å². The van der Waals surface area contributed by atoms with Crippen molar-refractivity contribution in [3.63, 3.8) is 0 Å². The van der Waals surface area contributed by atoms with Gasteiger partial charge in [-0.1, -0.05) is 13.0 Å². The molecule has 0 aliphatic heterocycles. The minimum atomic E-state index is -0.901. The van der Waals surface area contributed by atoms with Gasteiger partial charge in [0.25, 0.3) is 0 Å². The molecular formula is C12H15FO2. The fourth-order valence-electron chi connectivity index (χ4n) is 1.91. The molecule has 3 heteroatoms. The van der Waals surface area contributed by atoms with Gasteiger partial charge in [-0.2, -0.15) is 0 Å². The maximum atomic E-state index is 13.6. The molecule has 0 spiro atoms. The van der Waals surface area contributed by atoms with Crippen LogP contribution in [0.4, 0.5) is 4.39 Å². The van der Waals surface area contributed by atoms with E-state index in [-0.39, 0.29) is 18.2 Å². The molecule has 0 aromatic heterocycles. The Bertz CT molecular complexity index is 362. The average molecular weight is 210 g/mol. The Balaban J connectivity index is 3.08. The summed E-state index contributed by atoms with van der Waals surface area (Å²) in [6.07, 6.45) is -0.0409. The highest BCUT2D eigenvalue weighted by Gasteiger charge is 2.16. The SMILES string of the molecule is Cc1cc(C)c(C(C)CC(=O)O)c(F)c1. The molecule has 1 N–H and O–H groups in total. The first-order chi connectivity index (χ1) is 6.91. The van der Waals surface area contributed by atoms with Gasteiger partial charge in [-0.3, -0.25) is 4.79 Å². The van der Waals surface area contributed by atoms with Gasteiger partial charge in [0.05, 0.1) is 6.42 Å². The molecule has 1 unspecified atom stereocenters. The quantitative estimate of drug-likeness (QED) is 0.832. The van der Waals surface area contributed by atoms with Crippen LogP contribution in [0.1, 0.15) is 36.0 Å². The van der Waals surface area contributed by atoms with Crippen molar-refractivity contribution in [3.05, 3.63) is 34.6 Å². The fourth-order valence-corrected chi connectivity index (χ4v) is 1.91. The van der Waals surface area contributed by atoms with Crippen molar-refractivity contribution in [1.82, 2.24) is 0 Å². The Hall–Kier alpha value is -1.38. The van der Waals surface area contributed by atoms with Crippen molar-refractivity contribution in [2.75, 3.05) is 0 Å². The standard InChI is InChI=1S/C12H15FO2/c1-7-4-8(2)12(10(13)5-7)9(3)6-11(14)15/h4-5,9H,6H2,1-3H3,(H,14,15). The van der Waals surface area contributed by atoms with E-state index in [9.17, 15) is 9.18 Å². The van der Waals surface area contributed by atoms with Gasteiger partial charge in [0.2, 0.25) is 0 Å². The summed E-state index contributed by atoms with van der Waals surface area (Å²) < 4.78 is 13.6. The molecular weight excluding hydrogens is 195 g/mol. The van der Waals surface area contributed by atoms with Gasteiger partial charge in [0, 0.05) is 0 Å². The molecule has 15 heavy (non-hydrogen) atoms. The molecule has 0 radical (unpaired) electrons. The monoisotopic (exact) mass is 210 g/mol. The van der Waals surface area contributed by atoms with Crippen LogP contribution >= 0.6 is 0 Å². The van der Waals surface area contributed by atoms with E-state index < -0.39 is 5.97 Å². The lowest BCUT2D eigenvalue weighted by Gasteiger charge is -2.14. The Kier molecular flexibility index (Phi) is 3.45. The molecule has 82 valence electrons. The van der Waals surface area contributed by atoms with Crippen molar-refractivity contribution in [3.8, 4) is 0 Å². The van der Waals surface area contributed by atoms with Gasteiger partial charge in [-0.15, -0.1) is 0 Å². The summed E-state index contributed by atoms with van der Waals surface area (Å²) in [7, 11) is 0. The third-order valence-corrected chi connectivity index (χ3v) is 2.45. The van der Waals surface area contributed by atoms with Crippen LogP contribution in [0.2, 0.25) is 0 Å². The number of rotatable bonds is 3. The molecule has 0 bridgehead atoms. The van der Waals surface area contributed by atoms with Crippen molar-refractivity contribution in [2.45, 2.75) is 33.1 Å². The smallest absolute Gasteiger partial charge is 0.303 e. The number of aryl methyl sites for hydroxylation is 2. The van der Waals surface area contributed by atoms with E-state index in [1.54, 1.807) is 6.92 Å². The molecule has 0 saturated carbocycles. The molecule has 2 nitrogen and oxygen atoms in total. The van der Waals surface area contributed by atoms with E-state index in [4.69, 9.17) is 5.11 Å². The molecule has 0 saturated heterocycles. The highest BCUT2D eigenvalue weighted by atomic mass is 19.1. The number of halogens is 1. The minimum absolute atomic E-state index is 0.0409. The molecule has 1 aromatic carbocycles. The number of carboxylic acid groups (broad SMARTS) is 1. The van der Waals surface area contributed by atoms with Gasteiger partial charge >= 0.3 is 5.97 Å². The third kappa shape index (κ3) is 2.78. The van der Waals surface area contributed by atoms with E-state index in [2.05, 4.69) is 0 Å². The summed E-state index contributed by atoms with van der Waals surface area (Å²) >= 11 is 0. The number of hydrogen-bond donors (Lipinski definition) is 1. The molecule has 0 aliphatic rings. The van der Waals surface area contributed by atoms with Crippen LogP contribution in [0.5, 0.6) is 0 Å². The van der Waals surface area contributed by atoms with Crippen LogP contribution in [0.3, 0.4) is 0 Å². The zero-order valence-electron chi connectivity index (χ0n) is 9.17. The maximum absolute atomic E-state index is 13.6. The van der Waals surface area contributed by atoms with E-state index in [1.807, 2.05) is 19.9 Å². The van der Waals surface area contributed by atoms with Gasteiger partial charge in [0.1, 0.15) is 5.82 Å². The highest BCUT2D eigenvalue weighted by molar-refractivity contribution is 5.68. The maximum Gasteiger partial charge on any atom is 0.303 e. The van der Waals surface area contributed by atoms with Gasteiger partial charge in [-0.05, 0) is 42.5 Å². The van der Waals surface area contributed by atoms with Crippen LogP contribution in [0.25, 0.3) is 0 Å². The van der Waals surface area contributed by atoms with E-state index >= 15 is 0 Å². The van der Waals surface area contributed by atoms with Gasteiger partial charge in [0.15, 0.2) is 0 Å². The predicted octanol–water partition coefficient (Wildman–Crippen LogP) is 3.02. The van der Waals surface area contributed by atoms with Crippen LogP contribution in [-0.2, 0) is 4.79 Å². The predicted molar refractivity (Wildman–Crippen MR) is 56.5 cm³/mol. The largest absolute Gasteiger partial charge is 0.481 e. The zero-order valence-corrected chi connectivity index (χ0v) is 9.17. The first-order valence-corrected chi connectivity index (χ1v) is 4.90. The topological polar surface area (TPSA) is 37.3 Å². The van der Waals surface area contributed by atoms with E-state index in [1.165, 1.54) is 6.07 Å². The fraction of sp³-hybridized carbons (Fsp3) is 0.417. The first kappa shape index (κ1) is 11.7. The van der Waals surface area contributed by atoms with Gasteiger partial charge in [-0.25, -0.2) is 4.39 Å². The Morgan fingerprint density at radius 1 is 1.47 bits per heavy atom. The van der Waals surface area contributed by atoms with Crippen molar-refractivity contribution < 1.29 is 14.3 Å². The average Bonchev–Trinajstić information content (AvgIpc) is 1.99. The van der Waals surface area contributed by atoms with Crippen LogP contribution in [0.15, 0.2) is 12.1 Å². The Labute approximate surface area is 88.7 Å². The summed E-state index contributed by atoms with van der Waals surface area (Å²) in [6.45, 7) is 5.36. The second-order valence-corrected chi connectivity index (χ2v) is 3.98.